The monoisotopic (exact) mass is 406 g/mol. The molecule has 148 valence electrons. The number of aryl methyl sites for hydroxylation is 2. The molecule has 8 heteroatoms. The van der Waals surface area contributed by atoms with E-state index in [2.05, 4.69) is 5.32 Å². The van der Waals surface area contributed by atoms with Crippen molar-refractivity contribution in [3.63, 3.8) is 0 Å². The molecule has 0 heterocycles. The molecule has 6 nitrogen and oxygen atoms in total. The van der Waals surface area contributed by atoms with E-state index >= 15 is 0 Å². The Labute approximate surface area is 167 Å². The van der Waals surface area contributed by atoms with Gasteiger partial charge in [0, 0.05) is 12.7 Å². The second-order valence-corrected chi connectivity index (χ2v) is 6.67. The third-order valence-electron chi connectivity index (χ3n) is 4.03. The maximum Gasteiger partial charge on any atom is 0.340 e. The number of hydrogen-bond donors (Lipinski definition) is 1. The first-order chi connectivity index (χ1) is 13.2. The van der Waals surface area contributed by atoms with Crippen molar-refractivity contribution in [3.05, 3.63) is 63.9 Å². The van der Waals surface area contributed by atoms with Crippen molar-refractivity contribution < 1.29 is 23.5 Å². The summed E-state index contributed by atoms with van der Waals surface area (Å²) in [5, 5.41) is 2.66. The Morgan fingerprint density at radius 1 is 1.14 bits per heavy atom. The van der Waals surface area contributed by atoms with Gasteiger partial charge in [0.15, 0.2) is 6.61 Å². The Hall–Kier alpha value is -2.93. The number of carbonyl (C=O) groups excluding carboxylic acids is 3. The van der Waals surface area contributed by atoms with Gasteiger partial charge < -0.3 is 15.0 Å². The topological polar surface area (TPSA) is 75.7 Å². The highest BCUT2D eigenvalue weighted by Gasteiger charge is 2.18. The summed E-state index contributed by atoms with van der Waals surface area (Å²) in [5.41, 5.74) is 2.47. The smallest absolute Gasteiger partial charge is 0.340 e. The lowest BCUT2D eigenvalue weighted by atomic mass is 10.1. The molecule has 0 unspecified atom stereocenters. The maximum atomic E-state index is 13.0. The molecule has 28 heavy (non-hydrogen) atoms. The van der Waals surface area contributed by atoms with Gasteiger partial charge in [-0.25, -0.2) is 9.18 Å². The Balaban J connectivity index is 1.88. The van der Waals surface area contributed by atoms with Crippen LogP contribution >= 0.6 is 11.6 Å². The van der Waals surface area contributed by atoms with Crippen LogP contribution in [0.25, 0.3) is 0 Å². The number of para-hydroxylation sites is 1. The molecular weight excluding hydrogens is 387 g/mol. The number of benzene rings is 2. The highest BCUT2D eigenvalue weighted by atomic mass is 35.5. The third kappa shape index (κ3) is 5.53. The van der Waals surface area contributed by atoms with E-state index in [9.17, 15) is 18.8 Å². The molecule has 0 radical (unpaired) electrons. The number of ether oxygens (including phenoxy) is 1. The molecular formula is C20H20ClFN2O4. The fraction of sp³-hybridized carbons (Fsp3) is 0.250. The summed E-state index contributed by atoms with van der Waals surface area (Å²) < 4.78 is 17.9. The van der Waals surface area contributed by atoms with Gasteiger partial charge in [-0.1, -0.05) is 29.8 Å². The fourth-order valence-corrected chi connectivity index (χ4v) is 2.71. The minimum absolute atomic E-state index is 0.0497. The van der Waals surface area contributed by atoms with Crippen LogP contribution in [0.15, 0.2) is 36.4 Å². The highest BCUT2D eigenvalue weighted by Crippen LogP contribution is 2.19. The summed E-state index contributed by atoms with van der Waals surface area (Å²) in [5.74, 6) is -2.39. The molecule has 0 bridgehead atoms. The first kappa shape index (κ1) is 21.4. The van der Waals surface area contributed by atoms with Gasteiger partial charge in [-0.15, -0.1) is 0 Å². The van der Waals surface area contributed by atoms with Gasteiger partial charge in [0.25, 0.3) is 5.91 Å². The Morgan fingerprint density at radius 2 is 1.79 bits per heavy atom. The van der Waals surface area contributed by atoms with Crippen molar-refractivity contribution >= 4 is 35.1 Å². The molecule has 1 N–H and O–H groups in total. The van der Waals surface area contributed by atoms with E-state index in [0.717, 1.165) is 28.2 Å². The third-order valence-corrected chi connectivity index (χ3v) is 4.34. The van der Waals surface area contributed by atoms with E-state index in [4.69, 9.17) is 16.3 Å². The molecule has 0 aliphatic rings. The summed E-state index contributed by atoms with van der Waals surface area (Å²) in [6.07, 6.45) is 0. The molecule has 0 saturated carbocycles. The van der Waals surface area contributed by atoms with Crippen LogP contribution in [0.5, 0.6) is 0 Å². The zero-order valence-corrected chi connectivity index (χ0v) is 16.5. The average molecular weight is 407 g/mol. The minimum atomic E-state index is -0.855. The van der Waals surface area contributed by atoms with Gasteiger partial charge in [0.05, 0.1) is 17.1 Å². The van der Waals surface area contributed by atoms with Gasteiger partial charge >= 0.3 is 5.97 Å². The van der Waals surface area contributed by atoms with E-state index in [0.29, 0.717) is 5.69 Å². The van der Waals surface area contributed by atoms with Gasteiger partial charge in [0.1, 0.15) is 5.82 Å². The molecule has 0 aliphatic heterocycles. The summed E-state index contributed by atoms with van der Waals surface area (Å²) >= 11 is 5.78. The lowest BCUT2D eigenvalue weighted by Crippen LogP contribution is -2.37. The quantitative estimate of drug-likeness (QED) is 0.746. The zero-order chi connectivity index (χ0) is 20.8. The van der Waals surface area contributed by atoms with Crippen LogP contribution in [0.1, 0.15) is 21.5 Å². The van der Waals surface area contributed by atoms with E-state index < -0.39 is 24.3 Å². The first-order valence-electron chi connectivity index (χ1n) is 8.41. The molecule has 2 amide bonds. The van der Waals surface area contributed by atoms with Crippen molar-refractivity contribution in [1.29, 1.82) is 0 Å². The summed E-state index contributed by atoms with van der Waals surface area (Å²) in [6.45, 7) is 2.97. The molecule has 0 saturated heterocycles. The number of halogens is 2. The van der Waals surface area contributed by atoms with Crippen molar-refractivity contribution in [2.75, 3.05) is 25.5 Å². The Morgan fingerprint density at radius 3 is 2.39 bits per heavy atom. The van der Waals surface area contributed by atoms with Crippen molar-refractivity contribution in [2.45, 2.75) is 13.8 Å². The molecule has 0 aromatic heterocycles. The number of rotatable bonds is 6. The van der Waals surface area contributed by atoms with Crippen molar-refractivity contribution in [1.82, 2.24) is 4.90 Å². The predicted molar refractivity (Wildman–Crippen MR) is 104 cm³/mol. The number of nitrogens with one attached hydrogen (secondary N) is 1. The van der Waals surface area contributed by atoms with E-state index in [1.165, 1.54) is 13.1 Å². The fourth-order valence-electron chi connectivity index (χ4n) is 2.46. The second-order valence-electron chi connectivity index (χ2n) is 6.27. The van der Waals surface area contributed by atoms with Crippen LogP contribution < -0.4 is 5.32 Å². The van der Waals surface area contributed by atoms with E-state index in [1.54, 1.807) is 0 Å². The summed E-state index contributed by atoms with van der Waals surface area (Å²) in [4.78, 5) is 37.4. The van der Waals surface area contributed by atoms with Gasteiger partial charge in [-0.2, -0.15) is 0 Å². The van der Waals surface area contributed by atoms with Crippen LogP contribution in [0, 0.1) is 19.7 Å². The van der Waals surface area contributed by atoms with Gasteiger partial charge in [-0.05, 0) is 43.2 Å². The summed E-state index contributed by atoms with van der Waals surface area (Å²) in [6, 6.07) is 8.84. The Bertz CT molecular complexity index is 897. The van der Waals surface area contributed by atoms with Gasteiger partial charge in [0.2, 0.25) is 5.91 Å². The lowest BCUT2D eigenvalue weighted by Gasteiger charge is -2.18. The highest BCUT2D eigenvalue weighted by molar-refractivity contribution is 6.33. The van der Waals surface area contributed by atoms with E-state index in [-0.39, 0.29) is 23.0 Å². The molecule has 0 fully saturated rings. The molecule has 0 spiro atoms. The number of likely N-dealkylation sites (N-methyl/N-ethyl adjacent to an activating group) is 1. The van der Waals surface area contributed by atoms with Crippen LogP contribution in [-0.4, -0.2) is 42.9 Å². The van der Waals surface area contributed by atoms with Crippen LogP contribution in [0.4, 0.5) is 10.1 Å². The van der Waals surface area contributed by atoms with Crippen LogP contribution in [-0.2, 0) is 14.3 Å². The number of anilines is 1. The SMILES string of the molecule is Cc1cccc(C)c1NC(=O)CN(C)C(=O)COC(=O)c1ccc(F)cc1Cl. The summed E-state index contributed by atoms with van der Waals surface area (Å²) in [7, 11) is 1.42. The van der Waals surface area contributed by atoms with Gasteiger partial charge in [-0.3, -0.25) is 9.59 Å². The van der Waals surface area contributed by atoms with Crippen molar-refractivity contribution in [3.8, 4) is 0 Å². The minimum Gasteiger partial charge on any atom is -0.452 e. The largest absolute Gasteiger partial charge is 0.452 e. The number of carbonyl (C=O) groups is 3. The Kier molecular flexibility index (Phi) is 7.12. The normalized spacial score (nSPS) is 10.3. The number of esters is 1. The standard InChI is InChI=1S/C20H20ClFN2O4/c1-12-5-4-6-13(2)19(12)23-17(25)10-24(3)18(26)11-28-20(27)15-8-7-14(22)9-16(15)21/h4-9H,10-11H2,1-3H3,(H,23,25). The molecule has 2 aromatic carbocycles. The molecule has 2 aromatic rings. The zero-order valence-electron chi connectivity index (χ0n) is 15.7. The van der Waals surface area contributed by atoms with Crippen molar-refractivity contribution in [2.24, 2.45) is 0 Å². The number of amides is 2. The maximum absolute atomic E-state index is 13.0. The number of nitrogens with zero attached hydrogens (tertiary/aromatic N) is 1. The lowest BCUT2D eigenvalue weighted by molar-refractivity contribution is -0.136. The molecule has 0 aliphatic carbocycles. The van der Waals surface area contributed by atoms with Crippen LogP contribution in [0.2, 0.25) is 5.02 Å². The first-order valence-corrected chi connectivity index (χ1v) is 8.79. The number of hydrogen-bond acceptors (Lipinski definition) is 4. The van der Waals surface area contributed by atoms with E-state index in [1.807, 2.05) is 32.0 Å². The second kappa shape index (κ2) is 9.32. The van der Waals surface area contributed by atoms with Crippen LogP contribution in [0.3, 0.4) is 0 Å². The molecule has 2 rings (SSSR count). The molecule has 0 atom stereocenters. The predicted octanol–water partition coefficient (Wildman–Crippen LogP) is 3.35. The average Bonchev–Trinajstić information content (AvgIpc) is 2.62.